The average Bonchev–Trinajstić information content (AvgIpc) is 2.75. The standard InChI is InChI=1S/C23H21N3O2/c1-26-21(16-9-3-2-4-10-16)20(18-12-5-6-13-19(18)23(26)28)22(27)25-15-17-11-7-8-14-24-17/h2-14,20-21H,15H2,1H3,(H,25,27)/t20-,21-/m1/s1. The Morgan fingerprint density at radius 3 is 2.46 bits per heavy atom. The molecule has 1 N–H and O–H groups in total. The van der Waals surface area contributed by atoms with Gasteiger partial charge in [0.1, 0.15) is 0 Å². The molecule has 0 spiro atoms. The molecule has 2 atom stereocenters. The zero-order valence-electron chi connectivity index (χ0n) is 15.6. The van der Waals surface area contributed by atoms with E-state index < -0.39 is 5.92 Å². The van der Waals surface area contributed by atoms with Gasteiger partial charge in [0.2, 0.25) is 5.91 Å². The van der Waals surface area contributed by atoms with Gasteiger partial charge in [-0.3, -0.25) is 14.6 Å². The third-order valence-electron chi connectivity index (χ3n) is 5.17. The number of hydrogen-bond donors (Lipinski definition) is 1. The summed E-state index contributed by atoms with van der Waals surface area (Å²) in [6.45, 7) is 0.345. The van der Waals surface area contributed by atoms with Gasteiger partial charge in [-0.25, -0.2) is 0 Å². The van der Waals surface area contributed by atoms with Crippen LogP contribution in [0.3, 0.4) is 0 Å². The number of benzene rings is 2. The van der Waals surface area contributed by atoms with Gasteiger partial charge in [-0.05, 0) is 29.3 Å². The van der Waals surface area contributed by atoms with Gasteiger partial charge in [-0.1, -0.05) is 54.6 Å². The largest absolute Gasteiger partial charge is 0.350 e. The fraction of sp³-hybridized carbons (Fsp3) is 0.174. The number of hydrogen-bond acceptors (Lipinski definition) is 3. The highest BCUT2D eigenvalue weighted by Gasteiger charge is 2.42. The molecule has 0 saturated heterocycles. The van der Waals surface area contributed by atoms with Crippen molar-refractivity contribution in [2.24, 2.45) is 0 Å². The van der Waals surface area contributed by atoms with E-state index >= 15 is 0 Å². The molecule has 3 aromatic rings. The fourth-order valence-electron chi connectivity index (χ4n) is 3.81. The quantitative estimate of drug-likeness (QED) is 0.765. The molecule has 1 aliphatic heterocycles. The van der Waals surface area contributed by atoms with Crippen LogP contribution in [0, 0.1) is 0 Å². The van der Waals surface area contributed by atoms with Crippen molar-refractivity contribution >= 4 is 11.8 Å². The lowest BCUT2D eigenvalue weighted by molar-refractivity contribution is -0.124. The first-order chi connectivity index (χ1) is 13.7. The Balaban J connectivity index is 1.72. The van der Waals surface area contributed by atoms with E-state index in [-0.39, 0.29) is 17.9 Å². The summed E-state index contributed by atoms with van der Waals surface area (Å²) in [7, 11) is 1.76. The maximum atomic E-state index is 13.3. The van der Waals surface area contributed by atoms with E-state index in [1.807, 2.05) is 66.7 Å². The van der Waals surface area contributed by atoms with Crippen molar-refractivity contribution in [1.82, 2.24) is 15.2 Å². The van der Waals surface area contributed by atoms with Crippen molar-refractivity contribution in [3.05, 3.63) is 101 Å². The third-order valence-corrected chi connectivity index (χ3v) is 5.17. The summed E-state index contributed by atoms with van der Waals surface area (Å²) in [5, 5.41) is 3.01. The molecule has 2 amide bonds. The van der Waals surface area contributed by atoms with Crippen LogP contribution in [0.1, 0.15) is 39.1 Å². The Morgan fingerprint density at radius 2 is 1.71 bits per heavy atom. The summed E-state index contributed by atoms with van der Waals surface area (Å²) >= 11 is 0. The molecule has 1 aromatic heterocycles. The number of rotatable bonds is 4. The molecule has 2 heterocycles. The summed E-state index contributed by atoms with van der Waals surface area (Å²) in [6.07, 6.45) is 1.70. The zero-order chi connectivity index (χ0) is 19.5. The lowest BCUT2D eigenvalue weighted by Gasteiger charge is -2.39. The van der Waals surface area contributed by atoms with Crippen molar-refractivity contribution in [1.29, 1.82) is 0 Å². The Kier molecular flexibility index (Phi) is 4.89. The maximum absolute atomic E-state index is 13.3. The molecule has 0 fully saturated rings. The SMILES string of the molecule is CN1C(=O)c2ccccc2[C@@H](C(=O)NCc2ccccn2)[C@H]1c1ccccc1. The summed E-state index contributed by atoms with van der Waals surface area (Å²) in [4.78, 5) is 32.2. The highest BCUT2D eigenvalue weighted by molar-refractivity contribution is 6.01. The van der Waals surface area contributed by atoms with E-state index in [4.69, 9.17) is 0 Å². The second-order valence-corrected chi connectivity index (χ2v) is 6.88. The van der Waals surface area contributed by atoms with Gasteiger partial charge in [0.15, 0.2) is 0 Å². The zero-order valence-corrected chi connectivity index (χ0v) is 15.6. The van der Waals surface area contributed by atoms with Crippen LogP contribution < -0.4 is 5.32 Å². The van der Waals surface area contributed by atoms with Gasteiger partial charge >= 0.3 is 0 Å². The number of carbonyl (C=O) groups excluding carboxylic acids is 2. The fourth-order valence-corrected chi connectivity index (χ4v) is 3.81. The minimum Gasteiger partial charge on any atom is -0.350 e. The lowest BCUT2D eigenvalue weighted by atomic mass is 9.79. The van der Waals surface area contributed by atoms with E-state index in [2.05, 4.69) is 10.3 Å². The molecule has 0 unspecified atom stereocenters. The van der Waals surface area contributed by atoms with E-state index in [1.165, 1.54) is 0 Å². The molecule has 0 radical (unpaired) electrons. The molecule has 0 aliphatic carbocycles. The second-order valence-electron chi connectivity index (χ2n) is 6.88. The van der Waals surface area contributed by atoms with Crippen molar-refractivity contribution in [2.45, 2.75) is 18.5 Å². The first-order valence-electron chi connectivity index (χ1n) is 9.25. The molecular weight excluding hydrogens is 350 g/mol. The third kappa shape index (κ3) is 3.27. The van der Waals surface area contributed by atoms with Crippen LogP contribution in [0.2, 0.25) is 0 Å². The minimum absolute atomic E-state index is 0.0711. The molecule has 5 heteroatoms. The number of fused-ring (bicyclic) bond motifs is 1. The molecular formula is C23H21N3O2. The Labute approximate surface area is 164 Å². The molecule has 0 saturated carbocycles. The number of nitrogens with zero attached hydrogens (tertiary/aromatic N) is 2. The molecule has 140 valence electrons. The first kappa shape index (κ1) is 17.9. The summed E-state index contributed by atoms with van der Waals surface area (Å²) < 4.78 is 0. The highest BCUT2D eigenvalue weighted by atomic mass is 16.2. The van der Waals surface area contributed by atoms with Gasteiger partial charge in [0.25, 0.3) is 5.91 Å². The van der Waals surface area contributed by atoms with E-state index in [0.29, 0.717) is 12.1 Å². The Morgan fingerprint density at radius 1 is 1.00 bits per heavy atom. The number of carbonyl (C=O) groups is 2. The van der Waals surface area contributed by atoms with E-state index in [9.17, 15) is 9.59 Å². The van der Waals surface area contributed by atoms with Crippen LogP contribution >= 0.6 is 0 Å². The smallest absolute Gasteiger partial charge is 0.254 e. The minimum atomic E-state index is -0.495. The normalized spacial score (nSPS) is 18.5. The van der Waals surface area contributed by atoms with Gasteiger partial charge < -0.3 is 10.2 Å². The summed E-state index contributed by atoms with van der Waals surface area (Å²) in [6, 6.07) is 22.3. The number of nitrogens with one attached hydrogen (secondary N) is 1. The highest BCUT2D eigenvalue weighted by Crippen LogP contribution is 2.41. The van der Waals surface area contributed by atoms with Crippen molar-refractivity contribution in [3.63, 3.8) is 0 Å². The van der Waals surface area contributed by atoms with E-state index in [0.717, 1.165) is 16.8 Å². The molecule has 1 aliphatic rings. The molecule has 0 bridgehead atoms. The topological polar surface area (TPSA) is 62.3 Å². The van der Waals surface area contributed by atoms with Crippen LogP contribution in [0.5, 0.6) is 0 Å². The average molecular weight is 371 g/mol. The van der Waals surface area contributed by atoms with Crippen molar-refractivity contribution in [2.75, 3.05) is 7.05 Å². The maximum Gasteiger partial charge on any atom is 0.254 e. The number of amides is 2. The Bertz CT molecular complexity index is 989. The van der Waals surface area contributed by atoms with Crippen LogP contribution in [-0.2, 0) is 11.3 Å². The van der Waals surface area contributed by atoms with Crippen molar-refractivity contribution < 1.29 is 9.59 Å². The van der Waals surface area contributed by atoms with Gasteiger partial charge in [0, 0.05) is 18.8 Å². The lowest BCUT2D eigenvalue weighted by Crippen LogP contribution is -2.45. The van der Waals surface area contributed by atoms with Crippen LogP contribution in [-0.4, -0.2) is 28.7 Å². The molecule has 2 aromatic carbocycles. The Hall–Kier alpha value is -3.47. The number of pyridine rings is 1. The summed E-state index contributed by atoms with van der Waals surface area (Å²) in [5.41, 5.74) is 3.07. The first-order valence-corrected chi connectivity index (χ1v) is 9.25. The number of likely N-dealkylation sites (N-methyl/N-ethyl adjacent to an activating group) is 1. The van der Waals surface area contributed by atoms with Crippen LogP contribution in [0.25, 0.3) is 0 Å². The van der Waals surface area contributed by atoms with E-state index in [1.54, 1.807) is 24.2 Å². The predicted molar refractivity (Wildman–Crippen MR) is 107 cm³/mol. The summed E-state index contributed by atoms with van der Waals surface area (Å²) in [5.74, 6) is -0.686. The van der Waals surface area contributed by atoms with Gasteiger partial charge in [-0.2, -0.15) is 0 Å². The number of aromatic nitrogens is 1. The van der Waals surface area contributed by atoms with Gasteiger partial charge in [0.05, 0.1) is 24.2 Å². The monoisotopic (exact) mass is 371 g/mol. The predicted octanol–water partition coefficient (Wildman–Crippen LogP) is 3.31. The van der Waals surface area contributed by atoms with Crippen LogP contribution in [0.15, 0.2) is 79.0 Å². The van der Waals surface area contributed by atoms with Crippen molar-refractivity contribution in [3.8, 4) is 0 Å². The molecule has 4 rings (SSSR count). The molecule has 28 heavy (non-hydrogen) atoms. The second kappa shape index (κ2) is 7.64. The van der Waals surface area contributed by atoms with Gasteiger partial charge in [-0.15, -0.1) is 0 Å². The molecule has 5 nitrogen and oxygen atoms in total. The van der Waals surface area contributed by atoms with Crippen LogP contribution in [0.4, 0.5) is 0 Å².